The van der Waals surface area contributed by atoms with Crippen molar-refractivity contribution in [2.24, 2.45) is 11.8 Å². The molecule has 0 fully saturated rings. The number of unbranched alkanes of at least 4 members (excludes halogenated alkanes) is 1. The zero-order valence-corrected chi connectivity index (χ0v) is 13.7. The van der Waals surface area contributed by atoms with E-state index >= 15 is 0 Å². The molecular weight excluding hydrogens is 204 g/mol. The Hall–Kier alpha value is -0.260. The first-order valence-corrected chi connectivity index (χ1v) is 7.69. The van der Waals surface area contributed by atoms with E-state index in [1.807, 2.05) is 20.8 Å². The molecule has 0 nitrogen and oxygen atoms in total. The molecular formula is C17H38. The van der Waals surface area contributed by atoms with Gasteiger partial charge in [0.1, 0.15) is 0 Å². The van der Waals surface area contributed by atoms with Crippen LogP contribution in [0.25, 0.3) is 0 Å². The molecule has 17 heavy (non-hydrogen) atoms. The van der Waals surface area contributed by atoms with E-state index in [2.05, 4.69) is 34.3 Å². The van der Waals surface area contributed by atoms with Gasteiger partial charge in [-0.05, 0) is 25.2 Å². The predicted octanol–water partition coefficient (Wildman–Crippen LogP) is 6.86. The fourth-order valence-corrected chi connectivity index (χ4v) is 1.95. The van der Waals surface area contributed by atoms with E-state index in [1.165, 1.54) is 38.5 Å². The van der Waals surface area contributed by atoms with Crippen LogP contribution in [0.2, 0.25) is 0 Å². The van der Waals surface area contributed by atoms with Gasteiger partial charge in [0.25, 0.3) is 0 Å². The lowest BCUT2D eigenvalue weighted by Crippen LogP contribution is -2.04. The minimum Gasteiger partial charge on any atom is -0.103 e. The van der Waals surface area contributed by atoms with E-state index in [9.17, 15) is 0 Å². The topological polar surface area (TPSA) is 0 Å². The monoisotopic (exact) mass is 242 g/mol. The van der Waals surface area contributed by atoms with Gasteiger partial charge in [-0.2, -0.15) is 0 Å². The first-order chi connectivity index (χ1) is 8.12. The summed E-state index contributed by atoms with van der Waals surface area (Å²) in [6.07, 6.45) is 10.2. The maximum absolute atomic E-state index is 3.36. The van der Waals surface area contributed by atoms with Gasteiger partial charge in [-0.3, -0.25) is 0 Å². The molecule has 0 aromatic rings. The fraction of sp³-hybridized carbons (Fsp3) is 0.882. The zero-order valence-electron chi connectivity index (χ0n) is 13.7. The van der Waals surface area contributed by atoms with Gasteiger partial charge in [-0.25, -0.2) is 0 Å². The molecule has 0 heterocycles. The smallest absolute Gasteiger partial charge is 0.0412 e. The van der Waals surface area contributed by atoms with Crippen LogP contribution in [0.4, 0.5) is 0 Å². The molecule has 0 amide bonds. The molecule has 0 spiro atoms. The number of rotatable bonds is 7. The van der Waals surface area contributed by atoms with E-state index in [0.717, 1.165) is 11.8 Å². The molecule has 0 aromatic heterocycles. The third-order valence-corrected chi connectivity index (χ3v) is 2.47. The van der Waals surface area contributed by atoms with Gasteiger partial charge in [0.05, 0.1) is 0 Å². The van der Waals surface area contributed by atoms with Crippen LogP contribution < -0.4 is 0 Å². The first-order valence-electron chi connectivity index (χ1n) is 7.69. The molecule has 0 radical (unpaired) electrons. The summed E-state index contributed by atoms with van der Waals surface area (Å²) in [7, 11) is 0. The fourth-order valence-electron chi connectivity index (χ4n) is 1.95. The molecule has 0 rings (SSSR count). The molecule has 0 saturated heterocycles. The quantitative estimate of drug-likeness (QED) is 0.428. The van der Waals surface area contributed by atoms with Gasteiger partial charge in [0.15, 0.2) is 0 Å². The summed E-state index contributed by atoms with van der Waals surface area (Å²) in [5.74, 6) is 1.90. The second-order valence-electron chi connectivity index (χ2n) is 4.83. The summed E-state index contributed by atoms with van der Waals surface area (Å²) < 4.78 is 0. The minimum absolute atomic E-state index is 0.887. The standard InChI is InChI=1S/C12H26.C3H6.C2H6/c1-5-7-9-12(8-6-2)10-11(3)4;1-3-2;1-2/h11-12H,5-10H2,1-4H3;3H,1H2,2H3;1-2H3. The van der Waals surface area contributed by atoms with E-state index in [-0.39, 0.29) is 0 Å². The van der Waals surface area contributed by atoms with Crippen molar-refractivity contribution >= 4 is 0 Å². The summed E-state index contributed by atoms with van der Waals surface area (Å²) in [6, 6.07) is 0. The number of hydrogen-bond donors (Lipinski definition) is 0. The van der Waals surface area contributed by atoms with Crippen molar-refractivity contribution in [3.8, 4) is 0 Å². The SMILES string of the molecule is C=CC.CC.CCCCC(CCC)CC(C)C. The van der Waals surface area contributed by atoms with Crippen molar-refractivity contribution in [2.45, 2.75) is 87.0 Å². The maximum Gasteiger partial charge on any atom is -0.0412 e. The van der Waals surface area contributed by atoms with Gasteiger partial charge in [-0.15, -0.1) is 6.58 Å². The number of hydrogen-bond acceptors (Lipinski definition) is 0. The van der Waals surface area contributed by atoms with Crippen LogP contribution in [0.1, 0.15) is 87.0 Å². The maximum atomic E-state index is 3.36. The summed E-state index contributed by atoms with van der Waals surface area (Å²) in [6.45, 7) is 18.5. The lowest BCUT2D eigenvalue weighted by molar-refractivity contribution is 0.352. The van der Waals surface area contributed by atoms with E-state index < -0.39 is 0 Å². The molecule has 0 aromatic carbocycles. The summed E-state index contributed by atoms with van der Waals surface area (Å²) in [5, 5.41) is 0. The second kappa shape index (κ2) is 21.1. The summed E-state index contributed by atoms with van der Waals surface area (Å²) in [5.41, 5.74) is 0. The van der Waals surface area contributed by atoms with Gasteiger partial charge < -0.3 is 0 Å². The Labute approximate surface area is 112 Å². The highest BCUT2D eigenvalue weighted by atomic mass is 14.1. The third-order valence-electron chi connectivity index (χ3n) is 2.47. The molecule has 0 bridgehead atoms. The average Bonchev–Trinajstić information content (AvgIpc) is 2.29. The van der Waals surface area contributed by atoms with Crippen molar-refractivity contribution in [1.29, 1.82) is 0 Å². The van der Waals surface area contributed by atoms with E-state index in [4.69, 9.17) is 0 Å². The van der Waals surface area contributed by atoms with Crippen LogP contribution in [0.5, 0.6) is 0 Å². The Morgan fingerprint density at radius 2 is 1.47 bits per heavy atom. The van der Waals surface area contributed by atoms with Crippen molar-refractivity contribution < 1.29 is 0 Å². The van der Waals surface area contributed by atoms with Crippen LogP contribution in [0.15, 0.2) is 12.7 Å². The highest BCUT2D eigenvalue weighted by Gasteiger charge is 2.08. The Morgan fingerprint density at radius 3 is 1.76 bits per heavy atom. The third kappa shape index (κ3) is 25.8. The van der Waals surface area contributed by atoms with Crippen LogP contribution in [0, 0.1) is 11.8 Å². The molecule has 0 aliphatic heterocycles. The van der Waals surface area contributed by atoms with Crippen LogP contribution in [0.3, 0.4) is 0 Å². The van der Waals surface area contributed by atoms with Crippen molar-refractivity contribution in [3.05, 3.63) is 12.7 Å². The Morgan fingerprint density at radius 1 is 1.00 bits per heavy atom. The number of allylic oxidation sites excluding steroid dienone is 1. The highest BCUT2D eigenvalue weighted by Crippen LogP contribution is 2.22. The van der Waals surface area contributed by atoms with E-state index in [1.54, 1.807) is 6.08 Å². The van der Waals surface area contributed by atoms with Gasteiger partial charge >= 0.3 is 0 Å². The molecule has 1 atom stereocenters. The van der Waals surface area contributed by atoms with Crippen LogP contribution >= 0.6 is 0 Å². The molecule has 1 unspecified atom stereocenters. The zero-order chi connectivity index (χ0) is 14.1. The van der Waals surface area contributed by atoms with Crippen molar-refractivity contribution in [3.63, 3.8) is 0 Å². The lowest BCUT2D eigenvalue weighted by atomic mass is 9.89. The average molecular weight is 242 g/mol. The largest absolute Gasteiger partial charge is 0.103 e. The Balaban J connectivity index is -0.000000337. The lowest BCUT2D eigenvalue weighted by Gasteiger charge is -2.17. The molecule has 0 N–H and O–H groups in total. The predicted molar refractivity (Wildman–Crippen MR) is 84.6 cm³/mol. The van der Waals surface area contributed by atoms with Crippen LogP contribution in [-0.4, -0.2) is 0 Å². The first kappa shape index (κ1) is 22.0. The van der Waals surface area contributed by atoms with Gasteiger partial charge in [0, 0.05) is 0 Å². The summed E-state index contributed by atoms with van der Waals surface area (Å²) in [4.78, 5) is 0. The molecule has 0 aliphatic rings. The van der Waals surface area contributed by atoms with Gasteiger partial charge in [-0.1, -0.05) is 79.7 Å². The normalized spacial score (nSPS) is 10.8. The van der Waals surface area contributed by atoms with Crippen LogP contribution in [-0.2, 0) is 0 Å². The van der Waals surface area contributed by atoms with Crippen molar-refractivity contribution in [1.82, 2.24) is 0 Å². The second-order valence-corrected chi connectivity index (χ2v) is 4.83. The molecule has 0 saturated carbocycles. The summed E-state index contributed by atoms with van der Waals surface area (Å²) >= 11 is 0. The highest BCUT2D eigenvalue weighted by molar-refractivity contribution is 4.61. The van der Waals surface area contributed by atoms with Gasteiger partial charge in [0.2, 0.25) is 0 Å². The molecule has 0 heteroatoms. The Kier molecular flexibility index (Phi) is 27.2. The minimum atomic E-state index is 0.887. The molecule has 106 valence electrons. The molecule has 0 aliphatic carbocycles. The van der Waals surface area contributed by atoms with Crippen molar-refractivity contribution in [2.75, 3.05) is 0 Å². The Bertz CT molecular complexity index is 113. The van der Waals surface area contributed by atoms with E-state index in [0.29, 0.717) is 0 Å².